The Morgan fingerprint density at radius 2 is 1.93 bits per heavy atom. The Kier molecular flexibility index (Phi) is 5.90. The first-order valence-electron chi connectivity index (χ1n) is 9.59. The number of ether oxygens (including phenoxy) is 2. The Morgan fingerprint density at radius 3 is 2.54 bits per heavy atom. The third-order valence-corrected chi connectivity index (χ3v) is 5.32. The third kappa shape index (κ3) is 4.79. The van der Waals surface area contributed by atoms with E-state index in [-0.39, 0.29) is 23.9 Å². The summed E-state index contributed by atoms with van der Waals surface area (Å²) < 4.78 is 12.1. The molecule has 0 aliphatic carbocycles. The van der Waals surface area contributed by atoms with Gasteiger partial charge in [0.1, 0.15) is 23.7 Å². The zero-order valence-corrected chi connectivity index (χ0v) is 17.5. The smallest absolute Gasteiger partial charge is 0.303 e. The molecule has 4 nitrogen and oxygen atoms in total. The SMILES string of the molecule is CC(C)C(CC(=O)O)c1ccc(OCc2cc(Cl)cc3c2OC(C)(C)C3)cc1. The van der Waals surface area contributed by atoms with Gasteiger partial charge in [0.25, 0.3) is 0 Å². The maximum atomic E-state index is 11.1. The van der Waals surface area contributed by atoms with Gasteiger partial charge in [-0.3, -0.25) is 4.79 Å². The van der Waals surface area contributed by atoms with Gasteiger partial charge in [0.15, 0.2) is 0 Å². The first-order valence-corrected chi connectivity index (χ1v) is 9.97. The van der Waals surface area contributed by atoms with E-state index in [1.54, 1.807) is 0 Å². The average Bonchev–Trinajstić information content (AvgIpc) is 2.91. The van der Waals surface area contributed by atoms with E-state index in [0.29, 0.717) is 11.6 Å². The lowest BCUT2D eigenvalue weighted by Gasteiger charge is -2.20. The second-order valence-corrected chi connectivity index (χ2v) is 8.83. The van der Waals surface area contributed by atoms with Crippen LogP contribution in [-0.4, -0.2) is 16.7 Å². The van der Waals surface area contributed by atoms with E-state index in [1.165, 1.54) is 0 Å². The lowest BCUT2D eigenvalue weighted by Crippen LogP contribution is -2.25. The van der Waals surface area contributed by atoms with Crippen molar-refractivity contribution in [3.05, 3.63) is 58.1 Å². The van der Waals surface area contributed by atoms with E-state index in [1.807, 2.05) is 50.2 Å². The largest absolute Gasteiger partial charge is 0.489 e. The Labute approximate surface area is 171 Å². The molecule has 1 unspecified atom stereocenters. The molecule has 150 valence electrons. The number of carboxylic acids is 1. The predicted molar refractivity (Wildman–Crippen MR) is 110 cm³/mol. The minimum Gasteiger partial charge on any atom is -0.489 e. The maximum absolute atomic E-state index is 11.1. The van der Waals surface area contributed by atoms with Gasteiger partial charge in [-0.05, 0) is 61.1 Å². The van der Waals surface area contributed by atoms with E-state index in [2.05, 4.69) is 13.8 Å². The normalized spacial score (nSPS) is 15.8. The summed E-state index contributed by atoms with van der Waals surface area (Å²) in [7, 11) is 0. The van der Waals surface area contributed by atoms with Gasteiger partial charge in [0.05, 0.1) is 6.42 Å². The fourth-order valence-electron chi connectivity index (χ4n) is 3.75. The molecule has 28 heavy (non-hydrogen) atoms. The van der Waals surface area contributed by atoms with Gasteiger partial charge in [-0.2, -0.15) is 0 Å². The van der Waals surface area contributed by atoms with E-state index in [9.17, 15) is 4.79 Å². The monoisotopic (exact) mass is 402 g/mol. The number of benzene rings is 2. The molecule has 1 atom stereocenters. The molecule has 0 saturated carbocycles. The van der Waals surface area contributed by atoms with Crippen molar-refractivity contribution < 1.29 is 19.4 Å². The second-order valence-electron chi connectivity index (χ2n) is 8.40. The van der Waals surface area contributed by atoms with Gasteiger partial charge in [0.2, 0.25) is 0 Å². The minimum absolute atomic E-state index is 0.0154. The number of halogens is 1. The van der Waals surface area contributed by atoms with Crippen LogP contribution in [0.4, 0.5) is 0 Å². The van der Waals surface area contributed by atoms with Crippen molar-refractivity contribution in [1.29, 1.82) is 0 Å². The molecule has 0 radical (unpaired) electrons. The Hall–Kier alpha value is -2.20. The van der Waals surface area contributed by atoms with Crippen molar-refractivity contribution >= 4 is 17.6 Å². The molecule has 1 N–H and O–H groups in total. The van der Waals surface area contributed by atoms with Crippen LogP contribution >= 0.6 is 11.6 Å². The van der Waals surface area contributed by atoms with Crippen molar-refractivity contribution in [2.75, 3.05) is 0 Å². The van der Waals surface area contributed by atoms with Crippen molar-refractivity contribution in [2.45, 2.75) is 58.7 Å². The Bertz CT molecular complexity index is 856. The molecule has 2 aromatic rings. The van der Waals surface area contributed by atoms with Gasteiger partial charge in [-0.1, -0.05) is 37.6 Å². The summed E-state index contributed by atoms with van der Waals surface area (Å²) >= 11 is 6.27. The molecule has 2 aromatic carbocycles. The molecule has 0 saturated heterocycles. The maximum Gasteiger partial charge on any atom is 0.303 e. The van der Waals surface area contributed by atoms with Gasteiger partial charge in [-0.25, -0.2) is 0 Å². The Morgan fingerprint density at radius 1 is 1.25 bits per heavy atom. The summed E-state index contributed by atoms with van der Waals surface area (Å²) in [6.07, 6.45) is 0.949. The third-order valence-electron chi connectivity index (χ3n) is 5.10. The highest BCUT2D eigenvalue weighted by molar-refractivity contribution is 6.30. The van der Waals surface area contributed by atoms with Crippen molar-refractivity contribution in [1.82, 2.24) is 0 Å². The molecule has 0 aromatic heterocycles. The van der Waals surface area contributed by atoms with Crippen LogP contribution < -0.4 is 9.47 Å². The van der Waals surface area contributed by atoms with E-state index in [0.717, 1.165) is 34.6 Å². The predicted octanol–water partition coefficient (Wildman–Crippen LogP) is 5.85. The lowest BCUT2D eigenvalue weighted by molar-refractivity contribution is -0.137. The van der Waals surface area contributed by atoms with Crippen molar-refractivity contribution in [2.24, 2.45) is 5.92 Å². The zero-order valence-electron chi connectivity index (χ0n) is 16.8. The molecule has 5 heteroatoms. The highest BCUT2D eigenvalue weighted by Crippen LogP contribution is 2.40. The first kappa shape index (κ1) is 20.5. The fourth-order valence-corrected chi connectivity index (χ4v) is 4.01. The molecule has 0 amide bonds. The first-order chi connectivity index (χ1) is 13.1. The molecule has 1 aliphatic heterocycles. The standard InChI is InChI=1S/C23H27ClO4/c1-14(2)20(11-21(25)26)15-5-7-19(8-6-15)27-13-17-10-18(24)9-16-12-23(3,4)28-22(16)17/h5-10,14,20H,11-13H2,1-4H3,(H,25,26). The summed E-state index contributed by atoms with van der Waals surface area (Å²) in [6, 6.07) is 11.5. The van der Waals surface area contributed by atoms with Gasteiger partial charge < -0.3 is 14.6 Å². The number of rotatable bonds is 7. The van der Waals surface area contributed by atoms with Crippen molar-refractivity contribution in [3.8, 4) is 11.5 Å². The number of carbonyl (C=O) groups is 1. The molecular formula is C23H27ClO4. The van der Waals surface area contributed by atoms with Crippen LogP contribution in [-0.2, 0) is 17.8 Å². The van der Waals surface area contributed by atoms with Crippen LogP contribution in [0, 0.1) is 5.92 Å². The van der Waals surface area contributed by atoms with E-state index < -0.39 is 5.97 Å². The fraction of sp³-hybridized carbons (Fsp3) is 0.435. The molecular weight excluding hydrogens is 376 g/mol. The highest BCUT2D eigenvalue weighted by Gasteiger charge is 2.32. The van der Waals surface area contributed by atoms with Crippen LogP contribution in [0.5, 0.6) is 11.5 Å². The highest BCUT2D eigenvalue weighted by atomic mass is 35.5. The van der Waals surface area contributed by atoms with Gasteiger partial charge in [0, 0.05) is 17.0 Å². The van der Waals surface area contributed by atoms with Gasteiger partial charge in [-0.15, -0.1) is 0 Å². The number of fused-ring (bicyclic) bond motifs is 1. The molecule has 0 spiro atoms. The second kappa shape index (κ2) is 8.04. The number of aliphatic carboxylic acids is 1. The molecule has 3 rings (SSSR count). The van der Waals surface area contributed by atoms with Crippen LogP contribution in [0.15, 0.2) is 36.4 Å². The van der Waals surface area contributed by atoms with Crippen molar-refractivity contribution in [3.63, 3.8) is 0 Å². The van der Waals surface area contributed by atoms with E-state index >= 15 is 0 Å². The topological polar surface area (TPSA) is 55.8 Å². The summed E-state index contributed by atoms with van der Waals surface area (Å²) in [5.41, 5.74) is 2.82. The summed E-state index contributed by atoms with van der Waals surface area (Å²) in [5.74, 6) is 1.05. The average molecular weight is 403 g/mol. The van der Waals surface area contributed by atoms with Gasteiger partial charge >= 0.3 is 5.97 Å². The van der Waals surface area contributed by atoms with Crippen LogP contribution in [0.1, 0.15) is 56.7 Å². The number of carboxylic acid groups (broad SMARTS) is 1. The minimum atomic E-state index is -0.781. The number of hydrogen-bond donors (Lipinski definition) is 1. The molecule has 1 aliphatic rings. The van der Waals surface area contributed by atoms with Crippen LogP contribution in [0.2, 0.25) is 5.02 Å². The van der Waals surface area contributed by atoms with E-state index in [4.69, 9.17) is 26.2 Å². The number of hydrogen-bond acceptors (Lipinski definition) is 3. The summed E-state index contributed by atoms with van der Waals surface area (Å²) in [4.78, 5) is 11.1. The molecule has 0 fully saturated rings. The molecule has 1 heterocycles. The Balaban J connectivity index is 1.72. The quantitative estimate of drug-likeness (QED) is 0.631. The van der Waals surface area contributed by atoms with Crippen LogP contribution in [0.25, 0.3) is 0 Å². The zero-order chi connectivity index (χ0) is 20.5. The summed E-state index contributed by atoms with van der Waals surface area (Å²) in [6.45, 7) is 8.57. The van der Waals surface area contributed by atoms with Crippen LogP contribution in [0.3, 0.4) is 0 Å². The lowest BCUT2D eigenvalue weighted by atomic mass is 9.86. The summed E-state index contributed by atoms with van der Waals surface area (Å²) in [5, 5.41) is 9.83. The molecule has 0 bridgehead atoms.